The predicted octanol–water partition coefficient (Wildman–Crippen LogP) is 3.14. The van der Waals surface area contributed by atoms with Gasteiger partial charge in [0.15, 0.2) is 0 Å². The average Bonchev–Trinajstić information content (AvgIpc) is 2.77. The molecule has 0 unspecified atom stereocenters. The molecular weight excluding hydrogens is 262 g/mol. The zero-order chi connectivity index (χ0) is 13.2. The van der Waals surface area contributed by atoms with Crippen molar-refractivity contribution in [3.63, 3.8) is 0 Å². The lowest BCUT2D eigenvalue weighted by molar-refractivity contribution is 0.414. The van der Waals surface area contributed by atoms with Crippen LogP contribution in [0.3, 0.4) is 0 Å². The van der Waals surface area contributed by atoms with Gasteiger partial charge in [0.2, 0.25) is 0 Å². The van der Waals surface area contributed by atoms with E-state index in [1.54, 1.807) is 24.2 Å². The Kier molecular flexibility index (Phi) is 3.09. The van der Waals surface area contributed by atoms with Crippen molar-refractivity contribution in [3.05, 3.63) is 53.4 Å². The van der Waals surface area contributed by atoms with E-state index in [2.05, 4.69) is 10.1 Å². The Morgan fingerprint density at radius 2 is 2.00 bits per heavy atom. The average molecular weight is 274 g/mol. The second-order valence-corrected chi connectivity index (χ2v) is 4.55. The maximum absolute atomic E-state index is 6.30. The van der Waals surface area contributed by atoms with Gasteiger partial charge in [-0.05, 0) is 23.8 Å². The molecule has 3 rings (SSSR count). The molecule has 3 aromatic rings. The van der Waals surface area contributed by atoms with Crippen LogP contribution in [0.15, 0.2) is 42.7 Å². The molecule has 4 nitrogen and oxygen atoms in total. The zero-order valence-electron chi connectivity index (χ0n) is 10.4. The van der Waals surface area contributed by atoms with Gasteiger partial charge in [0.25, 0.3) is 0 Å². The van der Waals surface area contributed by atoms with Crippen molar-refractivity contribution in [2.75, 3.05) is 7.11 Å². The fraction of sp³-hybridized carbons (Fsp3) is 0.143. The summed E-state index contributed by atoms with van der Waals surface area (Å²) in [6, 6.07) is 9.70. The van der Waals surface area contributed by atoms with Crippen LogP contribution < -0.4 is 4.74 Å². The van der Waals surface area contributed by atoms with Crippen LogP contribution in [-0.4, -0.2) is 21.9 Å². The summed E-state index contributed by atoms with van der Waals surface area (Å²) in [5, 5.41) is 5.95. The number of hydrogen-bond acceptors (Lipinski definition) is 3. The Morgan fingerprint density at radius 3 is 2.68 bits per heavy atom. The van der Waals surface area contributed by atoms with Crippen molar-refractivity contribution < 1.29 is 4.74 Å². The minimum Gasteiger partial charge on any atom is -0.497 e. The molecule has 0 saturated heterocycles. The first-order valence-electron chi connectivity index (χ1n) is 5.87. The minimum absolute atomic E-state index is 0.610. The maximum atomic E-state index is 6.30. The van der Waals surface area contributed by atoms with E-state index in [1.165, 1.54) is 0 Å². The predicted molar refractivity (Wildman–Crippen MR) is 74.6 cm³/mol. The highest BCUT2D eigenvalue weighted by molar-refractivity contribution is 6.34. The van der Waals surface area contributed by atoms with E-state index in [0.29, 0.717) is 11.7 Å². The molecule has 0 spiro atoms. The standard InChI is InChI=1S/C14H12ClN3O/c1-19-11-4-2-10(3-5-11)9-18-14(15)12-8-16-7-6-13(12)17-18/h2-8H,9H2,1H3. The van der Waals surface area contributed by atoms with Gasteiger partial charge in [0.05, 0.1) is 24.6 Å². The van der Waals surface area contributed by atoms with Gasteiger partial charge in [-0.2, -0.15) is 5.10 Å². The zero-order valence-corrected chi connectivity index (χ0v) is 11.1. The Morgan fingerprint density at radius 1 is 1.21 bits per heavy atom. The second kappa shape index (κ2) is 4.90. The molecule has 2 aromatic heterocycles. The molecule has 0 radical (unpaired) electrons. The molecule has 0 saturated carbocycles. The van der Waals surface area contributed by atoms with Gasteiger partial charge in [0.1, 0.15) is 10.9 Å². The fourth-order valence-electron chi connectivity index (χ4n) is 1.95. The number of nitrogens with zero attached hydrogens (tertiary/aromatic N) is 3. The van der Waals surface area contributed by atoms with E-state index in [0.717, 1.165) is 22.2 Å². The summed E-state index contributed by atoms with van der Waals surface area (Å²) in [5.74, 6) is 0.838. The summed E-state index contributed by atoms with van der Waals surface area (Å²) >= 11 is 6.30. The maximum Gasteiger partial charge on any atom is 0.136 e. The Bertz CT molecular complexity index is 706. The van der Waals surface area contributed by atoms with Gasteiger partial charge in [0, 0.05) is 12.4 Å². The highest BCUT2D eigenvalue weighted by Gasteiger charge is 2.09. The SMILES string of the molecule is COc1ccc(Cn2nc3ccncc3c2Cl)cc1. The van der Waals surface area contributed by atoms with Crippen molar-refractivity contribution in [2.45, 2.75) is 6.54 Å². The molecule has 0 aliphatic carbocycles. The summed E-state index contributed by atoms with van der Waals surface area (Å²) in [6.45, 7) is 0.623. The van der Waals surface area contributed by atoms with Crippen molar-refractivity contribution in [2.24, 2.45) is 0 Å². The van der Waals surface area contributed by atoms with Crippen LogP contribution in [0.2, 0.25) is 5.15 Å². The molecule has 0 aliphatic rings. The highest BCUT2D eigenvalue weighted by atomic mass is 35.5. The summed E-state index contributed by atoms with van der Waals surface area (Å²) in [4.78, 5) is 4.06. The van der Waals surface area contributed by atoms with Gasteiger partial charge in [-0.1, -0.05) is 23.7 Å². The molecule has 0 bridgehead atoms. The molecule has 96 valence electrons. The molecule has 2 heterocycles. The number of halogens is 1. The van der Waals surface area contributed by atoms with Crippen LogP contribution in [0.5, 0.6) is 5.75 Å². The largest absolute Gasteiger partial charge is 0.497 e. The third-order valence-corrected chi connectivity index (χ3v) is 3.37. The first kappa shape index (κ1) is 12.0. The van der Waals surface area contributed by atoms with Gasteiger partial charge >= 0.3 is 0 Å². The number of pyridine rings is 1. The topological polar surface area (TPSA) is 39.9 Å². The molecule has 0 atom stereocenters. The Hall–Kier alpha value is -2.07. The van der Waals surface area contributed by atoms with Gasteiger partial charge < -0.3 is 4.74 Å². The molecule has 1 aromatic carbocycles. The second-order valence-electron chi connectivity index (χ2n) is 4.19. The molecule has 5 heteroatoms. The van der Waals surface area contributed by atoms with Crippen LogP contribution in [0.4, 0.5) is 0 Å². The molecule has 0 aliphatic heterocycles. The fourth-order valence-corrected chi connectivity index (χ4v) is 2.20. The van der Waals surface area contributed by atoms with Crippen molar-refractivity contribution in [3.8, 4) is 5.75 Å². The molecule has 0 N–H and O–H groups in total. The van der Waals surface area contributed by atoms with Crippen molar-refractivity contribution in [1.82, 2.24) is 14.8 Å². The number of hydrogen-bond donors (Lipinski definition) is 0. The number of rotatable bonds is 3. The van der Waals surface area contributed by atoms with Gasteiger partial charge in [-0.3, -0.25) is 4.98 Å². The summed E-state index contributed by atoms with van der Waals surface area (Å²) in [7, 11) is 1.65. The summed E-state index contributed by atoms with van der Waals surface area (Å²) in [5.41, 5.74) is 1.97. The van der Waals surface area contributed by atoms with E-state index in [4.69, 9.17) is 16.3 Å². The normalized spacial score (nSPS) is 10.8. The van der Waals surface area contributed by atoms with E-state index in [1.807, 2.05) is 30.3 Å². The van der Waals surface area contributed by atoms with Crippen LogP contribution in [0.25, 0.3) is 10.9 Å². The van der Waals surface area contributed by atoms with E-state index in [-0.39, 0.29) is 0 Å². The first-order chi connectivity index (χ1) is 9.28. The Balaban J connectivity index is 1.94. The molecule has 0 fully saturated rings. The van der Waals surface area contributed by atoms with Crippen LogP contribution in [-0.2, 0) is 6.54 Å². The third-order valence-electron chi connectivity index (χ3n) is 2.97. The number of methoxy groups -OCH3 is 1. The minimum atomic E-state index is 0.610. The van der Waals surface area contributed by atoms with E-state index < -0.39 is 0 Å². The van der Waals surface area contributed by atoms with Gasteiger partial charge in [-0.15, -0.1) is 0 Å². The number of benzene rings is 1. The number of ether oxygens (including phenoxy) is 1. The van der Waals surface area contributed by atoms with Crippen LogP contribution in [0.1, 0.15) is 5.56 Å². The number of aromatic nitrogens is 3. The molecule has 19 heavy (non-hydrogen) atoms. The smallest absolute Gasteiger partial charge is 0.136 e. The van der Waals surface area contributed by atoms with Crippen LogP contribution >= 0.6 is 11.6 Å². The molecule has 0 amide bonds. The molecular formula is C14H12ClN3O. The summed E-state index contributed by atoms with van der Waals surface area (Å²) < 4.78 is 6.91. The Labute approximate surface area is 115 Å². The van der Waals surface area contributed by atoms with E-state index in [9.17, 15) is 0 Å². The first-order valence-corrected chi connectivity index (χ1v) is 6.24. The van der Waals surface area contributed by atoms with E-state index >= 15 is 0 Å². The lowest BCUT2D eigenvalue weighted by Crippen LogP contribution is -2.01. The summed E-state index contributed by atoms with van der Waals surface area (Å²) in [6.07, 6.45) is 3.44. The third kappa shape index (κ3) is 2.27. The van der Waals surface area contributed by atoms with Crippen molar-refractivity contribution in [1.29, 1.82) is 0 Å². The highest BCUT2D eigenvalue weighted by Crippen LogP contribution is 2.23. The van der Waals surface area contributed by atoms with Crippen LogP contribution in [0, 0.1) is 0 Å². The number of fused-ring (bicyclic) bond motifs is 1. The quantitative estimate of drug-likeness (QED) is 0.736. The van der Waals surface area contributed by atoms with Crippen molar-refractivity contribution >= 4 is 22.5 Å². The monoisotopic (exact) mass is 273 g/mol. The van der Waals surface area contributed by atoms with Gasteiger partial charge in [-0.25, -0.2) is 4.68 Å². The lowest BCUT2D eigenvalue weighted by atomic mass is 10.2. The lowest BCUT2D eigenvalue weighted by Gasteiger charge is -2.04.